The van der Waals surface area contributed by atoms with E-state index in [1.165, 1.54) is 0 Å². The van der Waals surface area contributed by atoms with Gasteiger partial charge in [0.1, 0.15) is 6.61 Å². The average molecular weight is 358 g/mol. The summed E-state index contributed by atoms with van der Waals surface area (Å²) in [6.45, 7) is -0.809. The topological polar surface area (TPSA) is 26.3 Å². The summed E-state index contributed by atoms with van der Waals surface area (Å²) in [6, 6.07) is 6.75. The van der Waals surface area contributed by atoms with Crippen LogP contribution in [0.2, 0.25) is 0 Å². The predicted octanol–water partition coefficient (Wildman–Crippen LogP) is 3.44. The number of hydrogen-bond acceptors (Lipinski definition) is 2. The lowest BCUT2D eigenvalue weighted by Crippen LogP contribution is -2.15. The molecule has 0 aliphatic carbocycles. The molecule has 0 atom stereocenters. The summed E-state index contributed by atoms with van der Waals surface area (Å²) in [6.07, 6.45) is -5.28. The zero-order valence-electron chi connectivity index (χ0n) is 8.76. The number of benzene rings is 1. The van der Waals surface area contributed by atoms with Gasteiger partial charge in [0, 0.05) is 9.13 Å². The molecule has 6 heteroatoms. The van der Waals surface area contributed by atoms with Gasteiger partial charge in [-0.15, -0.1) is 0 Å². The zero-order chi connectivity index (χ0) is 12.9. The first-order chi connectivity index (χ1) is 7.88. The minimum absolute atomic E-state index is 0.316. The molecule has 2 nitrogen and oxygen atoms in total. The Balaban J connectivity index is 2.33. The van der Waals surface area contributed by atoms with Gasteiger partial charge in [-0.05, 0) is 34.7 Å². The molecule has 0 aliphatic heterocycles. The van der Waals surface area contributed by atoms with Crippen LogP contribution in [0, 0.1) is 3.57 Å². The van der Waals surface area contributed by atoms with Crippen molar-refractivity contribution in [3.8, 4) is 0 Å². The van der Waals surface area contributed by atoms with E-state index in [0.717, 1.165) is 3.57 Å². The smallest absolute Gasteiger partial charge is 0.373 e. The van der Waals surface area contributed by atoms with Crippen molar-refractivity contribution in [1.29, 1.82) is 0 Å². The van der Waals surface area contributed by atoms with Crippen LogP contribution >= 0.6 is 22.6 Å². The molecule has 0 aliphatic rings. The third-order valence-electron chi connectivity index (χ3n) is 1.93. The van der Waals surface area contributed by atoms with Crippen LogP contribution in [0.5, 0.6) is 0 Å². The van der Waals surface area contributed by atoms with Gasteiger partial charge < -0.3 is 4.74 Å². The Morgan fingerprint density at radius 2 is 1.82 bits per heavy atom. The summed E-state index contributed by atoms with van der Waals surface area (Å²) in [4.78, 5) is 11.5. The van der Waals surface area contributed by atoms with Gasteiger partial charge in [-0.25, -0.2) is 0 Å². The Kier molecular flexibility index (Phi) is 5.38. The number of halogens is 4. The van der Waals surface area contributed by atoms with E-state index in [2.05, 4.69) is 27.3 Å². The van der Waals surface area contributed by atoms with Gasteiger partial charge in [0.2, 0.25) is 0 Å². The Morgan fingerprint density at radius 1 is 1.24 bits per heavy atom. The summed E-state index contributed by atoms with van der Waals surface area (Å²) >= 11 is 2.10. The van der Waals surface area contributed by atoms with Gasteiger partial charge in [0.25, 0.3) is 0 Å². The zero-order valence-corrected chi connectivity index (χ0v) is 10.9. The molecule has 0 amide bonds. The maximum absolute atomic E-state index is 11.8. The number of Topliss-reactive ketones (excluding diaryl/α,β-unsaturated/α-hetero) is 1. The van der Waals surface area contributed by atoms with Crippen molar-refractivity contribution in [2.24, 2.45) is 0 Å². The number of rotatable bonds is 5. The van der Waals surface area contributed by atoms with Gasteiger partial charge in [-0.2, -0.15) is 13.2 Å². The highest BCUT2D eigenvalue weighted by Gasteiger charge is 2.26. The molecule has 17 heavy (non-hydrogen) atoms. The molecule has 94 valence electrons. The molecule has 0 radical (unpaired) electrons. The molecule has 0 spiro atoms. The fourth-order valence-corrected chi connectivity index (χ4v) is 1.43. The van der Waals surface area contributed by atoms with Crippen molar-refractivity contribution in [3.63, 3.8) is 0 Å². The Bertz CT molecular complexity index is 373. The van der Waals surface area contributed by atoms with Crippen LogP contribution in [-0.2, 0) is 4.74 Å². The number of carbonyl (C=O) groups is 1. The lowest BCUT2D eigenvalue weighted by atomic mass is 10.1. The quantitative estimate of drug-likeness (QED) is 0.458. The monoisotopic (exact) mass is 358 g/mol. The lowest BCUT2D eigenvalue weighted by molar-refractivity contribution is -0.144. The molecule has 1 rings (SSSR count). The molecule has 0 heterocycles. The Labute approximate surface area is 110 Å². The lowest BCUT2D eigenvalue weighted by Gasteiger charge is -2.06. The molecule has 1 aromatic rings. The summed E-state index contributed by atoms with van der Waals surface area (Å²) in [7, 11) is 0. The number of carbonyl (C=O) groups excluding carboxylic acids is 1. The summed E-state index contributed by atoms with van der Waals surface area (Å²) in [5.41, 5.74) is 0.442. The minimum atomic E-state index is -4.24. The molecule has 1 aromatic carbocycles. The number of ether oxygens (including phenoxy) is 1. The highest BCUT2D eigenvalue weighted by Crippen LogP contribution is 2.19. The first kappa shape index (κ1) is 14.4. The molecule has 0 saturated carbocycles. The van der Waals surface area contributed by atoms with E-state index in [9.17, 15) is 18.0 Å². The molecule has 0 aromatic heterocycles. The van der Waals surface area contributed by atoms with Gasteiger partial charge in [-0.1, -0.05) is 12.1 Å². The van der Waals surface area contributed by atoms with E-state index in [4.69, 9.17) is 0 Å². The van der Waals surface area contributed by atoms with E-state index in [1.807, 2.05) is 0 Å². The van der Waals surface area contributed by atoms with Crippen molar-refractivity contribution in [2.75, 3.05) is 13.2 Å². The SMILES string of the molecule is O=C(COCCC(F)(F)F)c1ccc(I)cc1. The molecule has 0 fully saturated rings. The van der Waals surface area contributed by atoms with E-state index >= 15 is 0 Å². The second kappa shape index (κ2) is 6.34. The van der Waals surface area contributed by atoms with Crippen LogP contribution in [0.25, 0.3) is 0 Å². The Hall–Kier alpha value is -0.630. The van der Waals surface area contributed by atoms with Crippen LogP contribution < -0.4 is 0 Å². The highest BCUT2D eigenvalue weighted by molar-refractivity contribution is 14.1. The second-order valence-corrected chi connectivity index (χ2v) is 4.59. The van der Waals surface area contributed by atoms with Crippen LogP contribution in [-0.4, -0.2) is 25.2 Å². The van der Waals surface area contributed by atoms with E-state index < -0.39 is 19.2 Å². The van der Waals surface area contributed by atoms with Gasteiger partial charge in [-0.3, -0.25) is 4.79 Å². The van der Waals surface area contributed by atoms with Crippen molar-refractivity contribution >= 4 is 28.4 Å². The maximum atomic E-state index is 11.8. The summed E-state index contributed by atoms with van der Waals surface area (Å²) in [5, 5.41) is 0. The van der Waals surface area contributed by atoms with E-state index in [-0.39, 0.29) is 12.4 Å². The van der Waals surface area contributed by atoms with Gasteiger partial charge in [0.05, 0.1) is 13.0 Å². The second-order valence-electron chi connectivity index (χ2n) is 3.35. The van der Waals surface area contributed by atoms with Gasteiger partial charge >= 0.3 is 6.18 Å². The molecular weight excluding hydrogens is 348 g/mol. The van der Waals surface area contributed by atoms with E-state index in [0.29, 0.717) is 5.56 Å². The third-order valence-corrected chi connectivity index (χ3v) is 2.65. The highest BCUT2D eigenvalue weighted by atomic mass is 127. The predicted molar refractivity (Wildman–Crippen MR) is 65.0 cm³/mol. The normalized spacial score (nSPS) is 11.5. The Morgan fingerprint density at radius 3 is 2.35 bits per heavy atom. The minimum Gasteiger partial charge on any atom is -0.373 e. The fourth-order valence-electron chi connectivity index (χ4n) is 1.07. The molecule has 0 bridgehead atoms. The first-order valence-corrected chi connectivity index (χ1v) is 5.89. The van der Waals surface area contributed by atoms with Crippen LogP contribution in [0.15, 0.2) is 24.3 Å². The molecular formula is C11H10F3IO2. The third kappa shape index (κ3) is 6.02. The maximum Gasteiger partial charge on any atom is 0.391 e. The standard InChI is InChI=1S/C11H10F3IO2/c12-11(13,14)5-6-17-7-10(16)8-1-3-9(15)4-2-8/h1-4H,5-7H2. The van der Waals surface area contributed by atoms with Crippen molar-refractivity contribution < 1.29 is 22.7 Å². The number of ketones is 1. The van der Waals surface area contributed by atoms with E-state index in [1.54, 1.807) is 24.3 Å². The van der Waals surface area contributed by atoms with Crippen molar-refractivity contribution in [3.05, 3.63) is 33.4 Å². The van der Waals surface area contributed by atoms with Crippen LogP contribution in [0.1, 0.15) is 16.8 Å². The van der Waals surface area contributed by atoms with Crippen molar-refractivity contribution in [1.82, 2.24) is 0 Å². The summed E-state index contributed by atoms with van der Waals surface area (Å²) < 4.78 is 41.0. The van der Waals surface area contributed by atoms with Crippen LogP contribution in [0.4, 0.5) is 13.2 Å². The summed E-state index contributed by atoms with van der Waals surface area (Å²) in [5.74, 6) is -0.316. The number of hydrogen-bond donors (Lipinski definition) is 0. The first-order valence-electron chi connectivity index (χ1n) is 4.82. The van der Waals surface area contributed by atoms with Gasteiger partial charge in [0.15, 0.2) is 5.78 Å². The average Bonchev–Trinajstić information content (AvgIpc) is 2.24. The molecule has 0 saturated heterocycles. The molecule has 0 N–H and O–H groups in total. The van der Waals surface area contributed by atoms with Crippen LogP contribution in [0.3, 0.4) is 0 Å². The van der Waals surface area contributed by atoms with Crippen molar-refractivity contribution in [2.45, 2.75) is 12.6 Å². The number of alkyl halides is 3. The largest absolute Gasteiger partial charge is 0.391 e. The molecule has 0 unspecified atom stereocenters. The fraction of sp³-hybridized carbons (Fsp3) is 0.364.